The molecular formula is C16H14Cl2N2O3S. The Kier molecular flexibility index (Phi) is 4.71. The molecule has 1 amide bonds. The maximum atomic E-state index is 12.4. The van der Waals surface area contributed by atoms with Crippen molar-refractivity contribution in [2.45, 2.75) is 17.7 Å². The molecule has 0 atom stereocenters. The second-order valence-electron chi connectivity index (χ2n) is 5.38. The second kappa shape index (κ2) is 6.63. The maximum absolute atomic E-state index is 12.4. The highest BCUT2D eigenvalue weighted by Crippen LogP contribution is 2.28. The van der Waals surface area contributed by atoms with Gasteiger partial charge in [-0.05, 0) is 48.9 Å². The first-order valence-corrected chi connectivity index (χ1v) is 9.49. The molecule has 5 nitrogen and oxygen atoms in total. The minimum Gasteiger partial charge on any atom is -0.312 e. The molecule has 1 fully saturated rings. The molecule has 0 saturated carbocycles. The van der Waals surface area contributed by atoms with E-state index in [1.807, 2.05) is 0 Å². The molecule has 0 aromatic heterocycles. The van der Waals surface area contributed by atoms with Gasteiger partial charge in [-0.3, -0.25) is 9.52 Å². The van der Waals surface area contributed by atoms with Crippen molar-refractivity contribution >= 4 is 50.5 Å². The first-order chi connectivity index (χ1) is 11.4. The number of anilines is 2. The van der Waals surface area contributed by atoms with Gasteiger partial charge in [0.2, 0.25) is 5.91 Å². The summed E-state index contributed by atoms with van der Waals surface area (Å²) in [5, 5.41) is 0.369. The Labute approximate surface area is 150 Å². The molecule has 2 aromatic carbocycles. The second-order valence-corrected chi connectivity index (χ2v) is 7.87. The average Bonchev–Trinajstić information content (AvgIpc) is 2.96. The predicted molar refractivity (Wildman–Crippen MR) is 95.3 cm³/mol. The third-order valence-corrected chi connectivity index (χ3v) is 5.79. The van der Waals surface area contributed by atoms with Gasteiger partial charge in [0.25, 0.3) is 10.0 Å². The van der Waals surface area contributed by atoms with Crippen LogP contribution in [-0.2, 0) is 14.8 Å². The van der Waals surface area contributed by atoms with Gasteiger partial charge < -0.3 is 4.90 Å². The fourth-order valence-corrected chi connectivity index (χ4v) is 4.35. The lowest BCUT2D eigenvalue weighted by molar-refractivity contribution is -0.117. The van der Waals surface area contributed by atoms with Crippen LogP contribution >= 0.6 is 23.2 Å². The highest BCUT2D eigenvalue weighted by Gasteiger charge is 2.22. The lowest BCUT2D eigenvalue weighted by atomic mass is 10.2. The summed E-state index contributed by atoms with van der Waals surface area (Å²) >= 11 is 11.8. The first kappa shape index (κ1) is 17.1. The Balaban J connectivity index is 1.83. The molecule has 8 heteroatoms. The topological polar surface area (TPSA) is 66.5 Å². The Bertz CT molecular complexity index is 883. The van der Waals surface area contributed by atoms with Gasteiger partial charge >= 0.3 is 0 Å². The van der Waals surface area contributed by atoms with Gasteiger partial charge in [0.05, 0.1) is 5.02 Å². The van der Waals surface area contributed by atoms with Gasteiger partial charge in [0, 0.05) is 29.4 Å². The Morgan fingerprint density at radius 3 is 2.38 bits per heavy atom. The molecular weight excluding hydrogens is 371 g/mol. The zero-order valence-corrected chi connectivity index (χ0v) is 14.8. The van der Waals surface area contributed by atoms with E-state index in [9.17, 15) is 13.2 Å². The van der Waals surface area contributed by atoms with Gasteiger partial charge in [0.1, 0.15) is 4.90 Å². The zero-order valence-electron chi connectivity index (χ0n) is 12.5. The summed E-state index contributed by atoms with van der Waals surface area (Å²) < 4.78 is 27.4. The van der Waals surface area contributed by atoms with Gasteiger partial charge in [-0.15, -0.1) is 0 Å². The number of benzene rings is 2. The largest absolute Gasteiger partial charge is 0.312 e. The summed E-state index contributed by atoms with van der Waals surface area (Å²) in [5.41, 5.74) is 1.13. The van der Waals surface area contributed by atoms with E-state index in [1.54, 1.807) is 29.2 Å². The molecule has 2 aromatic rings. The standard InChI is InChI=1S/C16H14Cl2N2O3S/c17-11-3-8-14(18)15(10-11)24(22,23)19-12-4-6-13(7-5-12)20-9-1-2-16(20)21/h3-8,10,19H,1-2,9H2. The third kappa shape index (κ3) is 3.50. The first-order valence-electron chi connectivity index (χ1n) is 7.25. The number of hydrogen-bond acceptors (Lipinski definition) is 3. The van der Waals surface area contributed by atoms with Crippen molar-refractivity contribution in [3.63, 3.8) is 0 Å². The van der Waals surface area contributed by atoms with Gasteiger partial charge in [-0.2, -0.15) is 0 Å². The smallest absolute Gasteiger partial charge is 0.263 e. The number of nitrogens with zero attached hydrogens (tertiary/aromatic N) is 1. The molecule has 1 aliphatic heterocycles. The van der Waals surface area contributed by atoms with Crippen molar-refractivity contribution in [3.8, 4) is 0 Å². The summed E-state index contributed by atoms with van der Waals surface area (Å²) in [4.78, 5) is 13.3. The summed E-state index contributed by atoms with van der Waals surface area (Å²) in [7, 11) is -3.86. The number of carbonyl (C=O) groups excluding carboxylic acids is 1. The van der Waals surface area contributed by atoms with Crippen LogP contribution in [0.2, 0.25) is 10.0 Å². The number of sulfonamides is 1. The van der Waals surface area contributed by atoms with Crippen LogP contribution < -0.4 is 9.62 Å². The lowest BCUT2D eigenvalue weighted by Gasteiger charge is -2.16. The van der Waals surface area contributed by atoms with E-state index in [2.05, 4.69) is 4.72 Å². The Hall–Kier alpha value is -1.76. The highest BCUT2D eigenvalue weighted by atomic mass is 35.5. The number of halogens is 2. The Morgan fingerprint density at radius 2 is 1.75 bits per heavy atom. The van der Waals surface area contributed by atoms with Crippen molar-refractivity contribution in [2.75, 3.05) is 16.2 Å². The molecule has 3 rings (SSSR count). The summed E-state index contributed by atoms with van der Waals surface area (Å²) in [6.07, 6.45) is 1.38. The van der Waals surface area contributed by atoms with Crippen molar-refractivity contribution < 1.29 is 13.2 Å². The monoisotopic (exact) mass is 384 g/mol. The minimum absolute atomic E-state index is 0.0778. The van der Waals surface area contributed by atoms with E-state index >= 15 is 0 Å². The summed E-state index contributed by atoms with van der Waals surface area (Å²) in [5.74, 6) is 0.0778. The van der Waals surface area contributed by atoms with Crippen LogP contribution in [0, 0.1) is 0 Å². The molecule has 0 spiro atoms. The van der Waals surface area contributed by atoms with Gasteiger partial charge in [-0.1, -0.05) is 23.2 Å². The average molecular weight is 385 g/mol. The van der Waals surface area contributed by atoms with E-state index in [-0.39, 0.29) is 20.8 Å². The minimum atomic E-state index is -3.86. The van der Waals surface area contributed by atoms with Crippen molar-refractivity contribution in [1.82, 2.24) is 0 Å². The number of nitrogens with one attached hydrogen (secondary N) is 1. The van der Waals surface area contributed by atoms with Crippen molar-refractivity contribution in [2.24, 2.45) is 0 Å². The molecule has 1 aliphatic rings. The molecule has 1 saturated heterocycles. The quantitative estimate of drug-likeness (QED) is 0.868. The van der Waals surface area contributed by atoms with Crippen LogP contribution in [0.25, 0.3) is 0 Å². The number of hydrogen-bond donors (Lipinski definition) is 1. The number of carbonyl (C=O) groups is 1. The Morgan fingerprint density at radius 1 is 1.04 bits per heavy atom. The molecule has 0 aliphatic carbocycles. The third-order valence-electron chi connectivity index (χ3n) is 3.69. The van der Waals surface area contributed by atoms with Crippen LogP contribution in [0.1, 0.15) is 12.8 Å². The number of rotatable bonds is 4. The number of amides is 1. The summed E-state index contributed by atoms with van der Waals surface area (Å²) in [6.45, 7) is 0.683. The van der Waals surface area contributed by atoms with E-state index < -0.39 is 10.0 Å². The van der Waals surface area contributed by atoms with E-state index in [1.165, 1.54) is 18.2 Å². The predicted octanol–water partition coefficient (Wildman–Crippen LogP) is 3.92. The fourth-order valence-electron chi connectivity index (χ4n) is 2.52. The van der Waals surface area contributed by atoms with Crippen molar-refractivity contribution in [1.29, 1.82) is 0 Å². The zero-order chi connectivity index (χ0) is 17.3. The highest BCUT2D eigenvalue weighted by molar-refractivity contribution is 7.92. The van der Waals surface area contributed by atoms with Gasteiger partial charge in [0.15, 0.2) is 0 Å². The molecule has 0 bridgehead atoms. The molecule has 1 N–H and O–H groups in total. The fraction of sp³-hybridized carbons (Fsp3) is 0.188. The molecule has 126 valence electrons. The SMILES string of the molecule is O=C1CCCN1c1ccc(NS(=O)(=O)c2cc(Cl)ccc2Cl)cc1. The van der Waals surface area contributed by atoms with E-state index in [0.717, 1.165) is 12.1 Å². The van der Waals surface area contributed by atoms with Gasteiger partial charge in [-0.25, -0.2) is 8.42 Å². The molecule has 0 radical (unpaired) electrons. The van der Waals surface area contributed by atoms with E-state index in [0.29, 0.717) is 18.7 Å². The molecule has 0 unspecified atom stereocenters. The van der Waals surface area contributed by atoms with Crippen molar-refractivity contribution in [3.05, 3.63) is 52.5 Å². The normalized spacial score (nSPS) is 14.9. The molecule has 24 heavy (non-hydrogen) atoms. The van der Waals surface area contributed by atoms with Crippen LogP contribution in [0.4, 0.5) is 11.4 Å². The maximum Gasteiger partial charge on any atom is 0.263 e. The van der Waals surface area contributed by atoms with Crippen LogP contribution in [0.5, 0.6) is 0 Å². The van der Waals surface area contributed by atoms with Crippen LogP contribution in [-0.4, -0.2) is 20.9 Å². The summed E-state index contributed by atoms with van der Waals surface area (Å²) in [6, 6.07) is 10.9. The van der Waals surface area contributed by atoms with Crippen LogP contribution in [0.15, 0.2) is 47.4 Å². The lowest BCUT2D eigenvalue weighted by Crippen LogP contribution is -2.23. The van der Waals surface area contributed by atoms with E-state index in [4.69, 9.17) is 23.2 Å². The van der Waals surface area contributed by atoms with Crippen LogP contribution in [0.3, 0.4) is 0 Å². The molecule has 1 heterocycles.